The van der Waals surface area contributed by atoms with Gasteiger partial charge in [-0.1, -0.05) is 6.07 Å². The van der Waals surface area contributed by atoms with Crippen LogP contribution >= 0.6 is 0 Å². The molecule has 29 heavy (non-hydrogen) atoms. The van der Waals surface area contributed by atoms with E-state index in [1.165, 1.54) is 0 Å². The zero-order chi connectivity index (χ0) is 20.4. The molecule has 8 heteroatoms. The molecular weight excluding hydrogens is 366 g/mol. The number of carbonyl (C=O) groups excluding carboxylic acids is 1. The van der Waals surface area contributed by atoms with E-state index < -0.39 is 0 Å². The molecule has 0 aliphatic carbocycles. The van der Waals surface area contributed by atoms with Crippen molar-refractivity contribution >= 4 is 28.3 Å². The van der Waals surface area contributed by atoms with Crippen molar-refractivity contribution in [2.45, 2.75) is 13.0 Å². The molecule has 0 bridgehead atoms. The van der Waals surface area contributed by atoms with Crippen molar-refractivity contribution in [1.82, 2.24) is 25.3 Å². The summed E-state index contributed by atoms with van der Waals surface area (Å²) in [7, 11) is 0. The number of hydrogen-bond donors (Lipinski definition) is 4. The van der Waals surface area contributed by atoms with E-state index in [-0.39, 0.29) is 23.5 Å². The lowest BCUT2D eigenvalue weighted by atomic mass is 10.0. The van der Waals surface area contributed by atoms with Crippen LogP contribution in [0.5, 0.6) is 0 Å². The molecule has 0 aliphatic rings. The number of aromatic amines is 1. The number of amides is 1. The molecule has 0 saturated heterocycles. The first kappa shape index (κ1) is 18.3. The molecule has 3 aromatic heterocycles. The molecule has 0 aliphatic heterocycles. The quantitative estimate of drug-likeness (QED) is 0.310. The van der Waals surface area contributed by atoms with Crippen LogP contribution in [0.3, 0.4) is 0 Å². The largest absolute Gasteiger partial charge is 0.398 e. The molecule has 1 unspecified atom stereocenters. The van der Waals surface area contributed by atoms with E-state index in [1.54, 1.807) is 42.9 Å². The van der Waals surface area contributed by atoms with Crippen LogP contribution in [0.25, 0.3) is 11.0 Å². The average molecular weight is 385 g/mol. The van der Waals surface area contributed by atoms with Gasteiger partial charge in [0.25, 0.3) is 5.91 Å². The summed E-state index contributed by atoms with van der Waals surface area (Å²) in [5, 5.41) is 11.3. The highest BCUT2D eigenvalue weighted by atomic mass is 16.2. The number of imidazole rings is 1. The molecule has 1 atom stereocenters. The van der Waals surface area contributed by atoms with Gasteiger partial charge in [-0.05, 0) is 43.3 Å². The van der Waals surface area contributed by atoms with Crippen LogP contribution in [0.2, 0.25) is 0 Å². The van der Waals surface area contributed by atoms with E-state index in [0.29, 0.717) is 27.8 Å². The second kappa shape index (κ2) is 7.51. The van der Waals surface area contributed by atoms with Gasteiger partial charge in [-0.3, -0.25) is 20.2 Å². The third kappa shape index (κ3) is 3.68. The highest BCUT2D eigenvalue weighted by molar-refractivity contribution is 6.15. The van der Waals surface area contributed by atoms with Crippen molar-refractivity contribution in [1.29, 1.82) is 5.41 Å². The first-order valence-corrected chi connectivity index (χ1v) is 9.03. The predicted octanol–water partition coefficient (Wildman–Crippen LogP) is 2.84. The minimum atomic E-state index is -0.344. The Morgan fingerprint density at radius 1 is 1.17 bits per heavy atom. The normalized spacial score (nSPS) is 11.9. The van der Waals surface area contributed by atoms with E-state index in [2.05, 4.69) is 25.3 Å². The van der Waals surface area contributed by atoms with Crippen LogP contribution in [0.1, 0.15) is 40.4 Å². The topological polar surface area (TPSA) is 133 Å². The van der Waals surface area contributed by atoms with Gasteiger partial charge in [0.15, 0.2) is 5.82 Å². The third-order valence-corrected chi connectivity index (χ3v) is 4.59. The smallest absolute Gasteiger partial charge is 0.287 e. The molecule has 0 saturated carbocycles. The Labute approximate surface area is 166 Å². The molecular formula is C21H19N7O. The van der Waals surface area contributed by atoms with E-state index >= 15 is 0 Å². The molecule has 0 radical (unpaired) electrons. The molecule has 1 aromatic carbocycles. The Hall–Kier alpha value is -4.07. The lowest BCUT2D eigenvalue weighted by Gasteiger charge is -2.11. The Kier molecular flexibility index (Phi) is 4.74. The highest BCUT2D eigenvalue weighted by Gasteiger charge is 2.18. The minimum Gasteiger partial charge on any atom is -0.398 e. The number of hydrogen-bond acceptors (Lipinski definition) is 6. The zero-order valence-electron chi connectivity index (χ0n) is 15.7. The number of benzene rings is 1. The number of rotatable bonds is 5. The molecule has 144 valence electrons. The number of pyridine rings is 2. The number of nitrogens with one attached hydrogen (secondary N) is 3. The lowest BCUT2D eigenvalue weighted by Crippen LogP contribution is -2.28. The fourth-order valence-electron chi connectivity index (χ4n) is 3.04. The van der Waals surface area contributed by atoms with Gasteiger partial charge in [-0.2, -0.15) is 0 Å². The second-order valence-corrected chi connectivity index (χ2v) is 6.60. The molecule has 4 aromatic rings. The zero-order valence-corrected chi connectivity index (χ0v) is 15.7. The Bertz CT molecular complexity index is 1190. The van der Waals surface area contributed by atoms with Gasteiger partial charge in [0.2, 0.25) is 0 Å². The van der Waals surface area contributed by atoms with Crippen molar-refractivity contribution in [3.8, 4) is 0 Å². The molecule has 4 rings (SSSR count). The maximum Gasteiger partial charge on any atom is 0.287 e. The Morgan fingerprint density at radius 2 is 1.97 bits per heavy atom. The van der Waals surface area contributed by atoms with E-state index in [0.717, 1.165) is 5.69 Å². The summed E-state index contributed by atoms with van der Waals surface area (Å²) >= 11 is 0. The standard InChI is InChI=1S/C21H19N7O/c1-12(16-4-2-3-7-25-16)26-21(29)20-27-17-10-14(15(22)11-18(17)28-20)19(23)13-5-8-24-9-6-13/h2-12,23H,22H2,1H3,(H,26,29)(H,27,28). The molecule has 8 nitrogen and oxygen atoms in total. The summed E-state index contributed by atoms with van der Waals surface area (Å²) < 4.78 is 0. The summed E-state index contributed by atoms with van der Waals surface area (Å²) in [6.45, 7) is 1.86. The number of carbonyl (C=O) groups is 1. The van der Waals surface area contributed by atoms with Gasteiger partial charge in [-0.15, -0.1) is 0 Å². The number of nitrogen functional groups attached to an aromatic ring is 1. The average Bonchev–Trinajstić information content (AvgIpc) is 3.17. The van der Waals surface area contributed by atoms with Crippen LogP contribution in [0.15, 0.2) is 61.1 Å². The number of anilines is 1. The van der Waals surface area contributed by atoms with Crippen molar-refractivity contribution in [2.75, 3.05) is 5.73 Å². The van der Waals surface area contributed by atoms with Crippen molar-refractivity contribution in [3.63, 3.8) is 0 Å². The van der Waals surface area contributed by atoms with Crippen LogP contribution in [-0.4, -0.2) is 31.6 Å². The van der Waals surface area contributed by atoms with Gasteiger partial charge in [0.05, 0.1) is 28.5 Å². The highest BCUT2D eigenvalue weighted by Crippen LogP contribution is 2.23. The summed E-state index contributed by atoms with van der Waals surface area (Å²) in [6, 6.07) is 12.2. The number of nitrogens with zero attached hydrogens (tertiary/aromatic N) is 3. The summed E-state index contributed by atoms with van der Waals surface area (Å²) in [4.78, 5) is 28.2. The van der Waals surface area contributed by atoms with Gasteiger partial charge in [-0.25, -0.2) is 4.98 Å². The molecule has 3 heterocycles. The molecule has 5 N–H and O–H groups in total. The Balaban J connectivity index is 1.61. The van der Waals surface area contributed by atoms with Gasteiger partial charge >= 0.3 is 0 Å². The van der Waals surface area contributed by atoms with E-state index in [4.69, 9.17) is 11.1 Å². The second-order valence-electron chi connectivity index (χ2n) is 6.60. The van der Waals surface area contributed by atoms with Crippen molar-refractivity contribution in [2.24, 2.45) is 0 Å². The first-order chi connectivity index (χ1) is 14.0. The number of aromatic nitrogens is 4. The number of H-pyrrole nitrogens is 1. The SMILES string of the molecule is CC(NC(=O)c1nc2cc(C(=N)c3ccncc3)c(N)cc2[nH]1)c1ccccn1. The fourth-order valence-corrected chi connectivity index (χ4v) is 3.04. The van der Waals surface area contributed by atoms with Crippen LogP contribution in [-0.2, 0) is 0 Å². The van der Waals surface area contributed by atoms with Crippen LogP contribution in [0.4, 0.5) is 5.69 Å². The fraction of sp³-hybridized carbons (Fsp3) is 0.0952. The number of fused-ring (bicyclic) bond motifs is 1. The predicted molar refractivity (Wildman–Crippen MR) is 111 cm³/mol. The summed E-state index contributed by atoms with van der Waals surface area (Å²) in [6.07, 6.45) is 4.93. The van der Waals surface area contributed by atoms with Gasteiger partial charge in [0, 0.05) is 35.4 Å². The first-order valence-electron chi connectivity index (χ1n) is 9.03. The molecule has 0 spiro atoms. The maximum absolute atomic E-state index is 12.6. The van der Waals surface area contributed by atoms with Crippen molar-refractivity contribution in [3.05, 3.63) is 83.7 Å². The van der Waals surface area contributed by atoms with Gasteiger partial charge in [0.1, 0.15) is 0 Å². The van der Waals surface area contributed by atoms with E-state index in [1.807, 2.05) is 25.1 Å². The lowest BCUT2D eigenvalue weighted by molar-refractivity contribution is 0.0930. The molecule has 1 amide bonds. The van der Waals surface area contributed by atoms with E-state index in [9.17, 15) is 4.79 Å². The number of nitrogens with two attached hydrogens (primary N) is 1. The maximum atomic E-state index is 12.6. The minimum absolute atomic E-state index is 0.176. The van der Waals surface area contributed by atoms with Crippen molar-refractivity contribution < 1.29 is 4.79 Å². The molecule has 0 fully saturated rings. The Morgan fingerprint density at radius 3 is 2.69 bits per heavy atom. The summed E-state index contributed by atoms with van der Waals surface area (Å²) in [5.41, 5.74) is 10.0. The van der Waals surface area contributed by atoms with Gasteiger partial charge < -0.3 is 16.0 Å². The third-order valence-electron chi connectivity index (χ3n) is 4.59. The summed E-state index contributed by atoms with van der Waals surface area (Å²) in [5.74, 6) is -0.168. The van der Waals surface area contributed by atoms with Crippen LogP contribution < -0.4 is 11.1 Å². The monoisotopic (exact) mass is 385 g/mol. The van der Waals surface area contributed by atoms with Crippen LogP contribution in [0, 0.1) is 5.41 Å².